The number of nitrogens with two attached hydrogens (primary N) is 1. The molecule has 1 aromatic heterocycles. The smallest absolute Gasteiger partial charge is 0.410 e. The van der Waals surface area contributed by atoms with Crippen LogP contribution in [0.5, 0.6) is 5.75 Å². The van der Waals surface area contributed by atoms with Crippen LogP contribution in [0.25, 0.3) is 10.9 Å². The minimum Gasteiger partial charge on any atom is -0.443 e. The lowest BCUT2D eigenvalue weighted by atomic mass is 9.94. The van der Waals surface area contributed by atoms with Crippen molar-refractivity contribution in [3.8, 4) is 5.75 Å². The van der Waals surface area contributed by atoms with Crippen LogP contribution in [0.1, 0.15) is 25.8 Å². The van der Waals surface area contributed by atoms with Gasteiger partial charge in [-0.15, -0.1) is 0 Å². The fraction of sp³-hybridized carbons (Fsp3) is 0.370. The van der Waals surface area contributed by atoms with E-state index in [9.17, 15) is 18.0 Å². The molecule has 1 fully saturated rings. The van der Waals surface area contributed by atoms with E-state index in [4.69, 9.17) is 14.7 Å². The summed E-state index contributed by atoms with van der Waals surface area (Å²) < 4.78 is 36.3. The van der Waals surface area contributed by atoms with Gasteiger partial charge in [0, 0.05) is 38.0 Å². The minimum absolute atomic E-state index is 0.0236. The number of ether oxygens (including phenoxy) is 1. The molecule has 202 valence electrons. The van der Waals surface area contributed by atoms with Gasteiger partial charge in [-0.25, -0.2) is 9.78 Å². The zero-order chi connectivity index (χ0) is 27.3. The largest absolute Gasteiger partial charge is 0.443 e. The summed E-state index contributed by atoms with van der Waals surface area (Å²) in [4.78, 5) is 31.0. The number of carbonyl (C=O) groups excluding carboxylic acids is 2. The van der Waals surface area contributed by atoms with Crippen molar-refractivity contribution in [3.63, 3.8) is 0 Å². The third kappa shape index (κ3) is 7.06. The minimum atomic E-state index is -4.13. The fourth-order valence-electron chi connectivity index (χ4n) is 4.14. The third-order valence-electron chi connectivity index (χ3n) is 6.17. The lowest BCUT2D eigenvalue weighted by Gasteiger charge is -2.32. The number of nitrogens with zero attached hydrogens (tertiary/aromatic N) is 2. The average molecular weight is 541 g/mol. The van der Waals surface area contributed by atoms with Gasteiger partial charge in [0.1, 0.15) is 11.4 Å². The first-order valence-electron chi connectivity index (χ1n) is 12.4. The highest BCUT2D eigenvalue weighted by Crippen LogP contribution is 2.22. The second-order valence-electron chi connectivity index (χ2n) is 9.84. The van der Waals surface area contributed by atoms with Gasteiger partial charge in [-0.05, 0) is 56.2 Å². The Kier molecular flexibility index (Phi) is 8.29. The number of rotatable bonds is 9. The number of nitrogens with one attached hydrogen (secondary N) is 1. The van der Waals surface area contributed by atoms with Crippen LogP contribution in [0.3, 0.4) is 0 Å². The molecule has 38 heavy (non-hydrogen) atoms. The molecule has 1 aliphatic heterocycles. The van der Waals surface area contributed by atoms with Crippen LogP contribution >= 0.6 is 0 Å². The number of para-hydroxylation sites is 1. The number of hydrogen-bond acceptors (Lipinski definition) is 9. The molecular weight excluding hydrogens is 508 g/mol. The standard InChI is InChI=1S/C27H32N4O6S/c1-27(2,36-26(33)31-15-13-29-14-16-31)18-24(32)22(28)17-19-7-10-21(11-8-19)37-38(34,35)25-12-9-20-5-3-4-6-23(20)30-25/h3-12,22,29H,13-18,28H2,1-2H3/t22-/m0/s1. The highest BCUT2D eigenvalue weighted by atomic mass is 32.2. The number of aromatic nitrogens is 1. The van der Waals surface area contributed by atoms with Crippen LogP contribution in [-0.2, 0) is 26.1 Å². The van der Waals surface area contributed by atoms with Crippen LogP contribution in [0.4, 0.5) is 4.79 Å². The van der Waals surface area contributed by atoms with Crippen molar-refractivity contribution in [2.24, 2.45) is 5.73 Å². The summed E-state index contributed by atoms with van der Waals surface area (Å²) in [6.07, 6.45) is -0.230. The normalized spacial score (nSPS) is 15.2. The molecule has 0 bridgehead atoms. The first-order chi connectivity index (χ1) is 18.0. The molecule has 0 unspecified atom stereocenters. The van der Waals surface area contributed by atoms with E-state index >= 15 is 0 Å². The molecule has 0 radical (unpaired) electrons. The van der Waals surface area contributed by atoms with Gasteiger partial charge in [0.25, 0.3) is 0 Å². The van der Waals surface area contributed by atoms with E-state index in [1.165, 1.54) is 18.2 Å². The highest BCUT2D eigenvalue weighted by Gasteiger charge is 2.31. The summed E-state index contributed by atoms with van der Waals surface area (Å²) in [7, 11) is -4.13. The number of carbonyl (C=O) groups is 2. The van der Waals surface area contributed by atoms with Gasteiger partial charge in [0.15, 0.2) is 10.8 Å². The summed E-state index contributed by atoms with van der Waals surface area (Å²) in [5, 5.41) is 3.80. The number of piperazine rings is 1. The summed E-state index contributed by atoms with van der Waals surface area (Å²) in [6, 6.07) is 15.8. The highest BCUT2D eigenvalue weighted by molar-refractivity contribution is 7.87. The Balaban J connectivity index is 1.32. The SMILES string of the molecule is CC(C)(CC(=O)[C@@H](N)Cc1ccc(OS(=O)(=O)c2ccc3ccccc3n2)cc1)OC(=O)N1CCNCC1. The molecule has 2 aromatic carbocycles. The number of Topliss-reactive ketones (excluding diaryl/α,β-unsaturated/α-hetero) is 1. The Morgan fingerprint density at radius 1 is 1.05 bits per heavy atom. The van der Waals surface area contributed by atoms with Crippen LogP contribution in [0, 0.1) is 0 Å². The Morgan fingerprint density at radius 2 is 1.74 bits per heavy atom. The predicted octanol–water partition coefficient (Wildman–Crippen LogP) is 2.65. The van der Waals surface area contributed by atoms with Crippen molar-refractivity contribution in [2.45, 2.75) is 43.4 Å². The molecule has 3 aromatic rings. The van der Waals surface area contributed by atoms with Crippen LogP contribution in [0.15, 0.2) is 65.7 Å². The van der Waals surface area contributed by atoms with Gasteiger partial charge in [0.05, 0.1) is 11.6 Å². The zero-order valence-electron chi connectivity index (χ0n) is 21.4. The predicted molar refractivity (Wildman–Crippen MR) is 142 cm³/mol. The number of amides is 1. The number of benzene rings is 2. The van der Waals surface area contributed by atoms with Crippen molar-refractivity contribution >= 4 is 32.9 Å². The maximum atomic E-state index is 12.8. The average Bonchev–Trinajstić information content (AvgIpc) is 2.89. The summed E-state index contributed by atoms with van der Waals surface area (Å²) in [5.41, 5.74) is 6.43. The molecule has 1 amide bonds. The second-order valence-corrected chi connectivity index (χ2v) is 11.3. The van der Waals surface area contributed by atoms with Crippen molar-refractivity contribution in [1.29, 1.82) is 0 Å². The molecular formula is C27H32N4O6S. The molecule has 0 aliphatic carbocycles. The quantitative estimate of drug-likeness (QED) is 0.392. The van der Waals surface area contributed by atoms with Gasteiger partial charge in [-0.2, -0.15) is 8.42 Å². The molecule has 1 saturated heterocycles. The Morgan fingerprint density at radius 3 is 2.45 bits per heavy atom. The fourth-order valence-corrected chi connectivity index (χ4v) is 5.03. The first-order valence-corrected chi connectivity index (χ1v) is 13.8. The number of pyridine rings is 1. The topological polar surface area (TPSA) is 141 Å². The molecule has 4 rings (SSSR count). The van der Waals surface area contributed by atoms with Crippen molar-refractivity contribution in [2.75, 3.05) is 26.2 Å². The summed E-state index contributed by atoms with van der Waals surface area (Å²) in [6.45, 7) is 5.90. The van der Waals surface area contributed by atoms with E-state index in [-0.39, 0.29) is 29.4 Å². The molecule has 11 heteroatoms. The van der Waals surface area contributed by atoms with Gasteiger partial charge in [-0.3, -0.25) is 4.79 Å². The van der Waals surface area contributed by atoms with E-state index < -0.39 is 27.9 Å². The lowest BCUT2D eigenvalue weighted by Crippen LogP contribution is -2.49. The van der Waals surface area contributed by atoms with Crippen LogP contribution < -0.4 is 15.2 Å². The van der Waals surface area contributed by atoms with Gasteiger partial charge in [0.2, 0.25) is 0 Å². The van der Waals surface area contributed by atoms with Gasteiger partial charge < -0.3 is 24.9 Å². The van der Waals surface area contributed by atoms with Gasteiger partial charge >= 0.3 is 16.2 Å². The molecule has 0 saturated carbocycles. The Bertz CT molecular complexity index is 1400. The Hall–Kier alpha value is -3.54. The first kappa shape index (κ1) is 27.5. The van der Waals surface area contributed by atoms with Gasteiger partial charge in [-0.1, -0.05) is 30.3 Å². The molecule has 1 aliphatic rings. The molecule has 3 N–H and O–H groups in total. The third-order valence-corrected chi connectivity index (χ3v) is 7.32. The molecule has 2 heterocycles. The number of hydrogen-bond donors (Lipinski definition) is 2. The molecule has 0 spiro atoms. The summed E-state index contributed by atoms with van der Waals surface area (Å²) in [5.74, 6) is -0.127. The van der Waals surface area contributed by atoms with E-state index in [0.717, 1.165) is 10.9 Å². The second kappa shape index (κ2) is 11.5. The van der Waals surface area contributed by atoms with E-state index in [1.54, 1.807) is 49.1 Å². The van der Waals surface area contributed by atoms with E-state index in [1.807, 2.05) is 12.1 Å². The number of fused-ring (bicyclic) bond motifs is 1. The summed E-state index contributed by atoms with van der Waals surface area (Å²) >= 11 is 0. The lowest BCUT2D eigenvalue weighted by molar-refractivity contribution is -0.124. The molecule has 10 nitrogen and oxygen atoms in total. The van der Waals surface area contributed by atoms with Crippen molar-refractivity contribution in [1.82, 2.24) is 15.2 Å². The Labute approximate surface area is 222 Å². The van der Waals surface area contributed by atoms with E-state index in [2.05, 4.69) is 10.3 Å². The van der Waals surface area contributed by atoms with Crippen LogP contribution in [-0.4, -0.2) is 68.0 Å². The van der Waals surface area contributed by atoms with Crippen LogP contribution in [0.2, 0.25) is 0 Å². The zero-order valence-corrected chi connectivity index (χ0v) is 22.2. The molecule has 1 atom stereocenters. The van der Waals surface area contributed by atoms with E-state index in [0.29, 0.717) is 31.7 Å². The number of ketones is 1. The van der Waals surface area contributed by atoms with Crippen molar-refractivity contribution in [3.05, 3.63) is 66.2 Å². The van der Waals surface area contributed by atoms with Crippen molar-refractivity contribution < 1.29 is 26.9 Å². The monoisotopic (exact) mass is 540 g/mol. The maximum Gasteiger partial charge on any atom is 0.410 e. The maximum absolute atomic E-state index is 12.8.